The Morgan fingerprint density at radius 2 is 1.70 bits per heavy atom. The van der Waals surface area contributed by atoms with Crippen LogP contribution >= 0.6 is 11.8 Å². The Morgan fingerprint density at radius 1 is 1.03 bits per heavy atom. The van der Waals surface area contributed by atoms with Gasteiger partial charge in [-0.1, -0.05) is 54.2 Å². The molecule has 146 valence electrons. The van der Waals surface area contributed by atoms with Crippen molar-refractivity contribution in [2.24, 2.45) is 0 Å². The number of para-hydroxylation sites is 2. The molecule has 0 spiro atoms. The number of carboxylic acids is 1. The van der Waals surface area contributed by atoms with Crippen molar-refractivity contribution in [2.45, 2.75) is 42.5 Å². The van der Waals surface area contributed by atoms with Crippen LogP contribution in [0.5, 0.6) is 0 Å². The number of aromatic nitrogens is 2. The van der Waals surface area contributed by atoms with Gasteiger partial charge in [0.05, 0.1) is 27.4 Å². The quantitative estimate of drug-likeness (QED) is 0.350. The number of carboxylic acid groups (broad SMARTS) is 1. The fourth-order valence-electron chi connectivity index (χ4n) is 3.83. The molecule has 6 heteroatoms. The molecule has 0 N–H and O–H groups in total. The predicted molar refractivity (Wildman–Crippen MR) is 115 cm³/mol. The first-order valence-electron chi connectivity index (χ1n) is 9.86. The second-order valence-electron chi connectivity index (χ2n) is 8.11. The number of carbonyl (C=O) groups is 1. The van der Waals surface area contributed by atoms with Gasteiger partial charge in [-0.2, -0.15) is 0 Å². The number of imidazole rings is 1. The maximum Gasteiger partial charge on any atom is 1.00 e. The Balaban J connectivity index is 0.00000218. The van der Waals surface area contributed by atoms with Crippen LogP contribution in [0.1, 0.15) is 38.2 Å². The molecule has 0 unspecified atom stereocenters. The summed E-state index contributed by atoms with van der Waals surface area (Å²) < 4.78 is 0.993. The van der Waals surface area contributed by atoms with E-state index >= 15 is 0 Å². The van der Waals surface area contributed by atoms with Gasteiger partial charge in [-0.05, 0) is 61.8 Å². The van der Waals surface area contributed by atoms with Crippen LogP contribution in [-0.2, 0) is 4.79 Å². The van der Waals surface area contributed by atoms with Crippen LogP contribution in [0.2, 0.25) is 0 Å². The zero-order valence-corrected chi connectivity index (χ0v) is 21.3. The first-order chi connectivity index (χ1) is 14.0. The topological polar surface area (TPSA) is 58.0 Å². The van der Waals surface area contributed by atoms with Crippen LogP contribution in [0.3, 0.4) is 0 Å². The minimum atomic E-state index is -1.10. The van der Waals surface area contributed by atoms with Crippen LogP contribution in [0.15, 0.2) is 65.8 Å². The number of nitrogens with zero attached hydrogens (tertiary/aromatic N) is 2. The molecular formula is C24H21KN2O2S. The third kappa shape index (κ3) is 3.90. The SMILES string of the molecule is CC(C)(Sc1nc2ccccc2n1-c1ccc(C2CC2)c2ccccc12)C(=O)[O-].[K+]. The summed E-state index contributed by atoms with van der Waals surface area (Å²) in [6, 6.07) is 20.8. The van der Waals surface area contributed by atoms with Crippen molar-refractivity contribution in [3.05, 3.63) is 66.2 Å². The minimum absolute atomic E-state index is 0. The zero-order valence-electron chi connectivity index (χ0n) is 17.4. The molecule has 4 aromatic rings. The van der Waals surface area contributed by atoms with Crippen LogP contribution in [0, 0.1) is 0 Å². The second kappa shape index (κ2) is 8.41. The summed E-state index contributed by atoms with van der Waals surface area (Å²) >= 11 is 1.22. The summed E-state index contributed by atoms with van der Waals surface area (Å²) in [6.45, 7) is 3.32. The minimum Gasteiger partial charge on any atom is -0.549 e. The molecule has 1 aliphatic carbocycles. The van der Waals surface area contributed by atoms with E-state index in [9.17, 15) is 9.90 Å². The monoisotopic (exact) mass is 440 g/mol. The van der Waals surface area contributed by atoms with Crippen LogP contribution in [0.4, 0.5) is 0 Å². The maximum absolute atomic E-state index is 11.7. The van der Waals surface area contributed by atoms with E-state index in [1.807, 2.05) is 24.3 Å². The predicted octanol–water partition coefficient (Wildman–Crippen LogP) is 1.68. The van der Waals surface area contributed by atoms with Gasteiger partial charge < -0.3 is 9.90 Å². The maximum atomic E-state index is 11.7. The molecule has 5 rings (SSSR count). The number of hydrogen-bond acceptors (Lipinski definition) is 4. The Kier molecular flexibility index (Phi) is 6.18. The first kappa shape index (κ1) is 22.1. The molecule has 3 aromatic carbocycles. The van der Waals surface area contributed by atoms with Gasteiger partial charge in [0, 0.05) is 5.39 Å². The number of carbonyl (C=O) groups excluding carboxylic acids is 1. The van der Waals surface area contributed by atoms with Gasteiger partial charge in [0.15, 0.2) is 5.16 Å². The molecule has 1 heterocycles. The summed E-state index contributed by atoms with van der Waals surface area (Å²) in [5.74, 6) is -0.450. The van der Waals surface area contributed by atoms with Gasteiger partial charge in [-0.25, -0.2) is 4.98 Å². The molecule has 1 aromatic heterocycles. The van der Waals surface area contributed by atoms with Gasteiger partial charge in [0.25, 0.3) is 0 Å². The molecule has 4 nitrogen and oxygen atoms in total. The van der Waals surface area contributed by atoms with Crippen molar-refractivity contribution >= 4 is 39.5 Å². The number of fused-ring (bicyclic) bond motifs is 2. The fraction of sp³-hybridized carbons (Fsp3) is 0.250. The van der Waals surface area contributed by atoms with Crippen LogP contribution in [0.25, 0.3) is 27.5 Å². The third-order valence-electron chi connectivity index (χ3n) is 5.56. The van der Waals surface area contributed by atoms with E-state index in [0.29, 0.717) is 11.1 Å². The van der Waals surface area contributed by atoms with E-state index in [4.69, 9.17) is 4.98 Å². The normalized spacial score (nSPS) is 14.1. The number of hydrogen-bond donors (Lipinski definition) is 0. The largest absolute Gasteiger partial charge is 1.00 e. The molecule has 30 heavy (non-hydrogen) atoms. The number of aliphatic carboxylic acids is 1. The van der Waals surface area contributed by atoms with Gasteiger partial charge in [0.1, 0.15) is 0 Å². The van der Waals surface area contributed by atoms with Gasteiger partial charge in [0.2, 0.25) is 0 Å². The molecular weight excluding hydrogens is 419 g/mol. The molecule has 1 aliphatic rings. The van der Waals surface area contributed by atoms with Crippen molar-refractivity contribution in [1.29, 1.82) is 0 Å². The molecule has 0 saturated heterocycles. The Hall–Kier alpha value is -1.15. The zero-order chi connectivity index (χ0) is 20.2. The summed E-state index contributed by atoms with van der Waals surface area (Å²) in [5.41, 5.74) is 4.24. The van der Waals surface area contributed by atoms with E-state index in [0.717, 1.165) is 22.1 Å². The van der Waals surface area contributed by atoms with E-state index in [2.05, 4.69) is 41.0 Å². The summed E-state index contributed by atoms with van der Waals surface area (Å²) in [6.07, 6.45) is 2.50. The molecule has 0 amide bonds. The van der Waals surface area contributed by atoms with E-state index in [1.54, 1.807) is 13.8 Å². The molecule has 1 saturated carbocycles. The summed E-state index contributed by atoms with van der Waals surface area (Å²) in [4.78, 5) is 16.4. The standard InChI is InChI=1S/C24H22N2O2S.K/c1-24(2,22(27)28)29-23-25-19-9-5-6-10-21(19)26(23)20-14-13-16(15-11-12-15)17-7-3-4-8-18(17)20;/h3-10,13-15H,11-12H2,1-2H3,(H,27,28);/q;+1/p-1. The summed E-state index contributed by atoms with van der Waals surface area (Å²) in [5, 5.41) is 14.7. The first-order valence-corrected chi connectivity index (χ1v) is 10.7. The van der Waals surface area contributed by atoms with E-state index in [1.165, 1.54) is 35.6 Å². The van der Waals surface area contributed by atoms with Crippen LogP contribution < -0.4 is 56.5 Å². The van der Waals surface area contributed by atoms with Crippen molar-refractivity contribution in [3.8, 4) is 5.69 Å². The van der Waals surface area contributed by atoms with Gasteiger partial charge in [-0.3, -0.25) is 4.57 Å². The van der Waals surface area contributed by atoms with Crippen molar-refractivity contribution in [1.82, 2.24) is 9.55 Å². The summed E-state index contributed by atoms with van der Waals surface area (Å²) in [7, 11) is 0. The van der Waals surface area contributed by atoms with Crippen LogP contribution in [-0.4, -0.2) is 20.3 Å². The van der Waals surface area contributed by atoms with Crippen molar-refractivity contribution < 1.29 is 61.3 Å². The Morgan fingerprint density at radius 3 is 2.40 bits per heavy atom. The fourth-order valence-corrected chi connectivity index (χ4v) is 4.80. The van der Waals surface area contributed by atoms with E-state index in [-0.39, 0.29) is 51.4 Å². The third-order valence-corrected chi connectivity index (χ3v) is 6.69. The molecule has 0 radical (unpaired) electrons. The van der Waals surface area contributed by atoms with Crippen molar-refractivity contribution in [2.75, 3.05) is 0 Å². The average Bonchev–Trinajstić information content (AvgIpc) is 3.48. The number of thioether (sulfide) groups is 1. The Bertz CT molecular complexity index is 1260. The smallest absolute Gasteiger partial charge is 0.549 e. The molecule has 0 atom stereocenters. The number of benzene rings is 3. The Labute approximate surface area is 222 Å². The number of rotatable bonds is 5. The second-order valence-corrected chi connectivity index (χ2v) is 9.70. The van der Waals surface area contributed by atoms with Gasteiger partial charge >= 0.3 is 51.4 Å². The van der Waals surface area contributed by atoms with E-state index < -0.39 is 10.7 Å². The molecule has 1 fully saturated rings. The van der Waals surface area contributed by atoms with Gasteiger partial charge in [-0.15, -0.1) is 0 Å². The van der Waals surface area contributed by atoms with Crippen molar-refractivity contribution in [3.63, 3.8) is 0 Å². The molecule has 0 aliphatic heterocycles. The average molecular weight is 441 g/mol. The molecule has 0 bridgehead atoms.